The van der Waals surface area contributed by atoms with Crippen LogP contribution >= 0.6 is 24.0 Å². The molecule has 0 saturated carbocycles. The van der Waals surface area contributed by atoms with E-state index in [9.17, 15) is 4.79 Å². The number of nitrogens with zero attached hydrogens (tertiary/aromatic N) is 1. The molecule has 1 heterocycles. The van der Waals surface area contributed by atoms with Gasteiger partial charge in [0.15, 0.2) is 5.96 Å². The number of hydrogen-bond donors (Lipinski definition) is 3. The van der Waals surface area contributed by atoms with Gasteiger partial charge in [-0.05, 0) is 25.0 Å². The van der Waals surface area contributed by atoms with E-state index in [1.54, 1.807) is 12.3 Å². The van der Waals surface area contributed by atoms with Crippen molar-refractivity contribution in [2.75, 3.05) is 19.6 Å². The number of nitrogens with one attached hydrogen (secondary N) is 3. The van der Waals surface area contributed by atoms with E-state index in [-0.39, 0.29) is 36.4 Å². The quantitative estimate of drug-likeness (QED) is 0.365. The second-order valence-electron chi connectivity index (χ2n) is 4.83. The first kappa shape index (κ1) is 19.8. The van der Waals surface area contributed by atoms with Gasteiger partial charge in [-0.15, -0.1) is 24.0 Å². The summed E-state index contributed by atoms with van der Waals surface area (Å²) in [6, 6.07) is 3.61. The van der Waals surface area contributed by atoms with Crippen molar-refractivity contribution in [3.8, 4) is 0 Å². The molecule has 7 heteroatoms. The second-order valence-corrected chi connectivity index (χ2v) is 4.83. The van der Waals surface area contributed by atoms with E-state index in [2.05, 4.69) is 34.8 Å². The summed E-state index contributed by atoms with van der Waals surface area (Å²) in [5.41, 5.74) is 0. The highest BCUT2D eigenvalue weighted by Crippen LogP contribution is 1.98. The van der Waals surface area contributed by atoms with Crippen LogP contribution in [0.5, 0.6) is 0 Å². The Balaban J connectivity index is 0.00000400. The maximum atomic E-state index is 11.7. The molecule has 1 rings (SSSR count). The molecule has 0 aliphatic heterocycles. The lowest BCUT2D eigenvalue weighted by Crippen LogP contribution is -2.40. The molecule has 0 radical (unpaired) electrons. The lowest BCUT2D eigenvalue weighted by Gasteiger charge is -2.12. The van der Waals surface area contributed by atoms with Gasteiger partial charge in [-0.1, -0.05) is 13.8 Å². The summed E-state index contributed by atoms with van der Waals surface area (Å²) in [6.07, 6.45) is 1.58. The van der Waals surface area contributed by atoms with Crippen LogP contribution in [0.15, 0.2) is 27.8 Å². The van der Waals surface area contributed by atoms with Crippen molar-refractivity contribution < 1.29 is 9.21 Å². The normalized spacial score (nSPS) is 11.0. The average molecular weight is 408 g/mol. The van der Waals surface area contributed by atoms with Crippen LogP contribution in [0.2, 0.25) is 0 Å². The molecule has 21 heavy (non-hydrogen) atoms. The standard InChI is InChI=1S/C14H24N4O2.HI/c1-4-15-14(17-8-11(2)3)18-10-13(19)16-9-12-6-5-7-20-12;/h5-7,11H,4,8-10H2,1-3H3,(H,16,19)(H2,15,17,18);1H. The Labute approximate surface area is 143 Å². The van der Waals surface area contributed by atoms with E-state index in [0.717, 1.165) is 18.8 Å². The topological polar surface area (TPSA) is 78.7 Å². The molecule has 0 atom stereocenters. The number of aliphatic imine (C=N–C) groups is 1. The van der Waals surface area contributed by atoms with Gasteiger partial charge in [0.25, 0.3) is 0 Å². The Morgan fingerprint density at radius 2 is 2.10 bits per heavy atom. The largest absolute Gasteiger partial charge is 0.467 e. The lowest BCUT2D eigenvalue weighted by molar-refractivity contribution is -0.119. The van der Waals surface area contributed by atoms with E-state index < -0.39 is 0 Å². The van der Waals surface area contributed by atoms with E-state index in [0.29, 0.717) is 18.4 Å². The van der Waals surface area contributed by atoms with Gasteiger partial charge in [0.05, 0.1) is 12.8 Å². The molecule has 3 N–H and O–H groups in total. The Bertz CT molecular complexity index is 419. The van der Waals surface area contributed by atoms with E-state index in [1.165, 1.54) is 0 Å². The van der Waals surface area contributed by atoms with Crippen LogP contribution in [0.1, 0.15) is 26.5 Å². The molecule has 0 aromatic carbocycles. The van der Waals surface area contributed by atoms with Crippen molar-refractivity contribution in [1.82, 2.24) is 16.0 Å². The van der Waals surface area contributed by atoms with Gasteiger partial charge in [-0.2, -0.15) is 0 Å². The third-order valence-corrected chi connectivity index (χ3v) is 2.44. The number of carbonyl (C=O) groups is 1. The van der Waals surface area contributed by atoms with Gasteiger partial charge in [0.2, 0.25) is 5.91 Å². The fourth-order valence-corrected chi connectivity index (χ4v) is 1.45. The highest BCUT2D eigenvalue weighted by Gasteiger charge is 2.03. The Morgan fingerprint density at radius 1 is 1.33 bits per heavy atom. The number of hydrogen-bond acceptors (Lipinski definition) is 3. The molecule has 0 spiro atoms. The third-order valence-electron chi connectivity index (χ3n) is 2.44. The molecule has 0 bridgehead atoms. The predicted octanol–water partition coefficient (Wildman–Crippen LogP) is 1.72. The summed E-state index contributed by atoms with van der Waals surface area (Å²) in [7, 11) is 0. The molecule has 1 aromatic rings. The fourth-order valence-electron chi connectivity index (χ4n) is 1.45. The van der Waals surface area contributed by atoms with Crippen molar-refractivity contribution in [3.05, 3.63) is 24.2 Å². The summed E-state index contributed by atoms with van der Waals surface area (Å²) in [4.78, 5) is 15.9. The number of halogens is 1. The summed E-state index contributed by atoms with van der Waals surface area (Å²) < 4.78 is 5.14. The van der Waals surface area contributed by atoms with Crippen LogP contribution in [0, 0.1) is 5.92 Å². The monoisotopic (exact) mass is 408 g/mol. The van der Waals surface area contributed by atoms with Crippen LogP contribution in [0.4, 0.5) is 0 Å². The number of guanidine groups is 1. The van der Waals surface area contributed by atoms with Crippen molar-refractivity contribution in [2.45, 2.75) is 27.3 Å². The third kappa shape index (κ3) is 9.33. The predicted molar refractivity (Wildman–Crippen MR) is 94.8 cm³/mol. The Kier molecular flexibility index (Phi) is 10.7. The minimum absolute atomic E-state index is 0. The first-order valence-electron chi connectivity index (χ1n) is 6.93. The molecule has 120 valence electrons. The highest BCUT2D eigenvalue weighted by molar-refractivity contribution is 14.0. The second kappa shape index (κ2) is 11.4. The molecule has 0 fully saturated rings. The van der Waals surface area contributed by atoms with Crippen molar-refractivity contribution in [3.63, 3.8) is 0 Å². The summed E-state index contributed by atoms with van der Waals surface area (Å²) in [5.74, 6) is 1.77. The molecule has 0 unspecified atom stereocenters. The number of furan rings is 1. The zero-order chi connectivity index (χ0) is 14.8. The number of carbonyl (C=O) groups excluding carboxylic acids is 1. The van der Waals surface area contributed by atoms with Crippen LogP contribution in [-0.2, 0) is 11.3 Å². The van der Waals surface area contributed by atoms with E-state index >= 15 is 0 Å². The van der Waals surface area contributed by atoms with E-state index in [4.69, 9.17) is 4.42 Å². The summed E-state index contributed by atoms with van der Waals surface area (Å²) >= 11 is 0. The molecule has 1 aromatic heterocycles. The maximum absolute atomic E-state index is 11.7. The minimum Gasteiger partial charge on any atom is -0.467 e. The van der Waals surface area contributed by atoms with Crippen LogP contribution in [0.25, 0.3) is 0 Å². The van der Waals surface area contributed by atoms with Gasteiger partial charge in [-0.25, -0.2) is 4.99 Å². The van der Waals surface area contributed by atoms with Crippen LogP contribution in [-0.4, -0.2) is 31.5 Å². The lowest BCUT2D eigenvalue weighted by atomic mass is 10.2. The average Bonchev–Trinajstić information content (AvgIpc) is 2.92. The fraction of sp³-hybridized carbons (Fsp3) is 0.571. The highest BCUT2D eigenvalue weighted by atomic mass is 127. The number of rotatable bonds is 7. The van der Waals surface area contributed by atoms with E-state index in [1.807, 2.05) is 13.0 Å². The smallest absolute Gasteiger partial charge is 0.242 e. The van der Waals surface area contributed by atoms with Gasteiger partial charge >= 0.3 is 0 Å². The maximum Gasteiger partial charge on any atom is 0.242 e. The molecular formula is C14H25IN4O2. The first-order chi connectivity index (χ1) is 9.61. The molecule has 0 saturated heterocycles. The zero-order valence-corrected chi connectivity index (χ0v) is 15.1. The summed E-state index contributed by atoms with van der Waals surface area (Å²) in [5, 5.41) is 9.04. The molecule has 6 nitrogen and oxygen atoms in total. The summed E-state index contributed by atoms with van der Waals surface area (Å²) in [6.45, 7) is 8.28. The molecular weight excluding hydrogens is 383 g/mol. The van der Waals surface area contributed by atoms with Crippen molar-refractivity contribution in [1.29, 1.82) is 0 Å². The molecule has 0 aliphatic carbocycles. The first-order valence-corrected chi connectivity index (χ1v) is 6.93. The minimum atomic E-state index is -0.136. The number of amides is 1. The van der Waals surface area contributed by atoms with Gasteiger partial charge in [-0.3, -0.25) is 4.79 Å². The molecule has 0 aliphatic rings. The van der Waals surface area contributed by atoms with Crippen LogP contribution in [0.3, 0.4) is 0 Å². The van der Waals surface area contributed by atoms with Gasteiger partial charge in [0, 0.05) is 13.1 Å². The van der Waals surface area contributed by atoms with Crippen molar-refractivity contribution in [2.24, 2.45) is 10.9 Å². The van der Waals surface area contributed by atoms with Crippen molar-refractivity contribution >= 4 is 35.8 Å². The van der Waals surface area contributed by atoms with Crippen LogP contribution < -0.4 is 16.0 Å². The SMILES string of the molecule is CCNC(=NCC(=O)NCc1ccco1)NCC(C)C.I. The Hall–Kier alpha value is -1.25. The van der Waals surface area contributed by atoms with Gasteiger partial charge < -0.3 is 20.4 Å². The molecule has 1 amide bonds. The zero-order valence-electron chi connectivity index (χ0n) is 12.8. The Morgan fingerprint density at radius 3 is 2.67 bits per heavy atom. The van der Waals surface area contributed by atoms with Gasteiger partial charge in [0.1, 0.15) is 12.3 Å².